The number of anilines is 2. The molecule has 0 fully saturated rings. The van der Waals surface area contributed by atoms with E-state index < -0.39 is 16.6 Å². The van der Waals surface area contributed by atoms with Crippen LogP contribution in [0.25, 0.3) is 0 Å². The second kappa shape index (κ2) is 7.76. The van der Waals surface area contributed by atoms with E-state index in [0.29, 0.717) is 12.2 Å². The molecule has 0 atom stereocenters. The molecule has 1 amide bonds. The number of carbonyl (C=O) groups is 1. The van der Waals surface area contributed by atoms with Crippen LogP contribution in [0, 0.1) is 15.5 Å². The average Bonchev–Trinajstić information content (AvgIpc) is 2.51. The molecule has 1 N–H and O–H groups in total. The highest BCUT2D eigenvalue weighted by Crippen LogP contribution is 2.35. The second-order valence-corrected chi connectivity index (χ2v) is 6.56. The van der Waals surface area contributed by atoms with E-state index in [2.05, 4.69) is 37.7 Å². The zero-order valence-electron chi connectivity index (χ0n) is 14.8. The number of hydrogen-bond acceptors (Lipinski definition) is 6. The molecule has 24 heavy (non-hydrogen) atoms. The van der Waals surface area contributed by atoms with Gasteiger partial charge in [0, 0.05) is 19.7 Å². The van der Waals surface area contributed by atoms with Gasteiger partial charge in [-0.1, -0.05) is 27.4 Å². The molecule has 1 rings (SSSR count). The van der Waals surface area contributed by atoms with Crippen LogP contribution in [0.15, 0.2) is 18.7 Å². The largest absolute Gasteiger partial charge is 0.489 e. The fraction of sp³-hybridized carbons (Fsp3) is 0.500. The van der Waals surface area contributed by atoms with Gasteiger partial charge < -0.3 is 19.8 Å². The Balaban J connectivity index is 3.30. The van der Waals surface area contributed by atoms with Crippen LogP contribution in [0.2, 0.25) is 0 Å². The number of nitrogens with zero attached hydrogens (tertiary/aromatic N) is 3. The number of rotatable bonds is 7. The molecule has 0 aliphatic carbocycles. The van der Waals surface area contributed by atoms with Crippen molar-refractivity contribution in [1.29, 1.82) is 0 Å². The first-order valence-corrected chi connectivity index (χ1v) is 7.47. The van der Waals surface area contributed by atoms with Crippen LogP contribution >= 0.6 is 0 Å². The Hall–Kier alpha value is -2.64. The van der Waals surface area contributed by atoms with Crippen molar-refractivity contribution < 1.29 is 14.5 Å². The fourth-order valence-electron chi connectivity index (χ4n) is 1.93. The Morgan fingerprint density at radius 2 is 2.17 bits per heavy atom. The van der Waals surface area contributed by atoms with Crippen molar-refractivity contribution in [3.8, 4) is 5.75 Å². The summed E-state index contributed by atoms with van der Waals surface area (Å²) in [5.41, 5.74) is 0.661. The third kappa shape index (κ3) is 5.22. The molecular weight excluding hydrogens is 312 g/mol. The van der Waals surface area contributed by atoms with Crippen molar-refractivity contribution in [2.24, 2.45) is 5.41 Å². The Morgan fingerprint density at radius 3 is 2.62 bits per heavy atom. The topological polar surface area (TPSA) is 97.6 Å². The lowest BCUT2D eigenvalue weighted by Crippen LogP contribution is -2.25. The molecule has 0 saturated heterocycles. The van der Waals surface area contributed by atoms with Gasteiger partial charge in [-0.05, 0) is 27.8 Å². The monoisotopic (exact) mass is 336 g/mol. The van der Waals surface area contributed by atoms with Crippen LogP contribution in [0.3, 0.4) is 0 Å². The maximum atomic E-state index is 11.6. The lowest BCUT2D eigenvalue weighted by Gasteiger charge is -2.25. The summed E-state index contributed by atoms with van der Waals surface area (Å²) in [5.74, 6) is -0.810. The van der Waals surface area contributed by atoms with Crippen molar-refractivity contribution in [1.82, 2.24) is 4.98 Å². The Kier molecular flexibility index (Phi) is 6.27. The zero-order chi connectivity index (χ0) is 18.5. The number of nitro groups is 1. The maximum absolute atomic E-state index is 11.6. The van der Waals surface area contributed by atoms with Crippen LogP contribution in [0.1, 0.15) is 27.2 Å². The highest BCUT2D eigenvalue weighted by atomic mass is 16.6. The van der Waals surface area contributed by atoms with Gasteiger partial charge >= 0.3 is 5.82 Å². The number of hydrogen-bond donors (Lipinski definition) is 1. The van der Waals surface area contributed by atoms with Crippen LogP contribution in [-0.4, -0.2) is 36.5 Å². The van der Waals surface area contributed by atoms with Crippen LogP contribution in [0.5, 0.6) is 5.75 Å². The van der Waals surface area contributed by atoms with E-state index in [9.17, 15) is 14.9 Å². The number of methoxy groups -OCH3 is 1. The van der Waals surface area contributed by atoms with Gasteiger partial charge in [0.15, 0.2) is 0 Å². The Morgan fingerprint density at radius 1 is 1.54 bits per heavy atom. The molecule has 0 bridgehead atoms. The van der Waals surface area contributed by atoms with E-state index in [1.807, 2.05) is 11.9 Å². The lowest BCUT2D eigenvalue weighted by atomic mass is 9.92. The van der Waals surface area contributed by atoms with Crippen molar-refractivity contribution in [2.75, 3.05) is 30.9 Å². The SMILES string of the molecule is C=CC(=O)Nc1nc([N+](=O)[O-])c(OC)cc1N(C)CCC(C)(C)C. The molecule has 0 aliphatic heterocycles. The predicted molar refractivity (Wildman–Crippen MR) is 93.6 cm³/mol. The van der Waals surface area contributed by atoms with Crippen molar-refractivity contribution in [3.63, 3.8) is 0 Å². The van der Waals surface area contributed by atoms with Gasteiger partial charge in [-0.3, -0.25) is 10.1 Å². The molecule has 0 aliphatic rings. The van der Waals surface area contributed by atoms with E-state index in [1.165, 1.54) is 13.2 Å². The van der Waals surface area contributed by atoms with Gasteiger partial charge in [-0.15, -0.1) is 0 Å². The number of pyridine rings is 1. The molecule has 0 aromatic carbocycles. The Labute approximate surface area is 141 Å². The minimum absolute atomic E-state index is 0.0363. The second-order valence-electron chi connectivity index (χ2n) is 6.56. The number of aromatic nitrogens is 1. The maximum Gasteiger partial charge on any atom is 0.408 e. The molecule has 1 heterocycles. The number of carbonyl (C=O) groups excluding carboxylic acids is 1. The summed E-state index contributed by atoms with van der Waals surface area (Å²) in [6.45, 7) is 10.4. The highest BCUT2D eigenvalue weighted by Gasteiger charge is 2.26. The standard InChI is InChI=1S/C16H24N4O4/c1-7-13(21)17-14-11(19(5)9-8-16(2,3)4)10-12(24-6)15(18-14)20(22)23/h7,10H,1,8-9H2,2-6H3,(H,17,18,21). The molecule has 0 unspecified atom stereocenters. The average molecular weight is 336 g/mol. The summed E-state index contributed by atoms with van der Waals surface area (Å²) < 4.78 is 5.07. The first-order chi connectivity index (χ1) is 11.1. The van der Waals surface area contributed by atoms with E-state index in [1.54, 1.807) is 0 Å². The van der Waals surface area contributed by atoms with Gasteiger partial charge in [0.2, 0.25) is 5.75 Å². The van der Waals surface area contributed by atoms with Crippen molar-refractivity contribution in [3.05, 3.63) is 28.8 Å². The summed E-state index contributed by atoms with van der Waals surface area (Å²) >= 11 is 0. The number of amides is 1. The predicted octanol–water partition coefficient (Wildman–Crippen LogP) is 3.00. The summed E-state index contributed by atoms with van der Waals surface area (Å²) in [6, 6.07) is 1.51. The highest BCUT2D eigenvalue weighted by molar-refractivity contribution is 6.00. The van der Waals surface area contributed by atoms with E-state index in [-0.39, 0.29) is 17.0 Å². The van der Waals surface area contributed by atoms with Gasteiger partial charge in [0.05, 0.1) is 7.11 Å². The lowest BCUT2D eigenvalue weighted by molar-refractivity contribution is -0.390. The van der Waals surface area contributed by atoms with Crippen molar-refractivity contribution in [2.45, 2.75) is 27.2 Å². The minimum Gasteiger partial charge on any atom is -0.489 e. The normalized spacial score (nSPS) is 10.9. The fourth-order valence-corrected chi connectivity index (χ4v) is 1.93. The molecule has 0 radical (unpaired) electrons. The van der Waals surface area contributed by atoms with Gasteiger partial charge in [-0.25, -0.2) is 0 Å². The molecule has 8 nitrogen and oxygen atoms in total. The molecule has 132 valence electrons. The number of nitrogens with one attached hydrogen (secondary N) is 1. The third-order valence-electron chi connectivity index (χ3n) is 3.38. The van der Waals surface area contributed by atoms with E-state index in [4.69, 9.17) is 4.74 Å². The molecule has 1 aromatic heterocycles. The molecular formula is C16H24N4O4. The summed E-state index contributed by atoms with van der Waals surface area (Å²) in [6.07, 6.45) is 1.97. The molecule has 1 aromatic rings. The number of ether oxygens (including phenoxy) is 1. The first kappa shape index (κ1) is 19.4. The molecule has 0 saturated carbocycles. The Bertz CT molecular complexity index is 638. The van der Waals surface area contributed by atoms with E-state index in [0.717, 1.165) is 12.5 Å². The van der Waals surface area contributed by atoms with Gasteiger partial charge in [0.1, 0.15) is 5.69 Å². The summed E-state index contributed by atoms with van der Waals surface area (Å²) in [5, 5.41) is 13.7. The minimum atomic E-state index is -0.651. The van der Waals surface area contributed by atoms with Gasteiger partial charge in [0.25, 0.3) is 11.7 Å². The third-order valence-corrected chi connectivity index (χ3v) is 3.38. The van der Waals surface area contributed by atoms with Crippen LogP contribution < -0.4 is 15.0 Å². The van der Waals surface area contributed by atoms with Crippen molar-refractivity contribution >= 4 is 23.2 Å². The van der Waals surface area contributed by atoms with Crippen LogP contribution in [0.4, 0.5) is 17.3 Å². The van der Waals surface area contributed by atoms with Gasteiger partial charge in [-0.2, -0.15) is 0 Å². The van der Waals surface area contributed by atoms with E-state index >= 15 is 0 Å². The van der Waals surface area contributed by atoms with Crippen LogP contribution in [-0.2, 0) is 4.79 Å². The summed E-state index contributed by atoms with van der Waals surface area (Å²) in [4.78, 5) is 27.9. The first-order valence-electron chi connectivity index (χ1n) is 7.47. The zero-order valence-corrected chi connectivity index (χ0v) is 14.8. The summed E-state index contributed by atoms with van der Waals surface area (Å²) in [7, 11) is 3.17. The molecule has 8 heteroatoms. The molecule has 0 spiro atoms. The smallest absolute Gasteiger partial charge is 0.408 e. The quantitative estimate of drug-likeness (QED) is 0.467.